The highest BCUT2D eigenvalue weighted by Gasteiger charge is 2.20. The summed E-state index contributed by atoms with van der Waals surface area (Å²) in [6.07, 6.45) is 2.68. The van der Waals surface area contributed by atoms with Crippen LogP contribution in [-0.2, 0) is 17.8 Å². The largest absolute Gasteiger partial charge is 0.454 e. The molecule has 2 heterocycles. The summed E-state index contributed by atoms with van der Waals surface area (Å²) in [5.74, 6) is 1.69. The summed E-state index contributed by atoms with van der Waals surface area (Å²) in [5.41, 5.74) is 2.57. The molecule has 0 spiro atoms. The summed E-state index contributed by atoms with van der Waals surface area (Å²) >= 11 is 0. The van der Waals surface area contributed by atoms with Gasteiger partial charge in [-0.25, -0.2) is 0 Å². The predicted octanol–water partition coefficient (Wildman–Crippen LogP) is 3.60. The first-order chi connectivity index (χ1) is 11.9. The van der Waals surface area contributed by atoms with Gasteiger partial charge in [-0.05, 0) is 36.1 Å². The molecule has 1 unspecified atom stereocenters. The lowest BCUT2D eigenvalue weighted by Crippen LogP contribution is -2.31. The van der Waals surface area contributed by atoms with Gasteiger partial charge < -0.3 is 14.2 Å². The van der Waals surface area contributed by atoms with E-state index in [0.717, 1.165) is 44.2 Å². The number of fused-ring (bicyclic) bond motifs is 1. The average Bonchev–Trinajstić information content (AvgIpc) is 3.27. The lowest BCUT2D eigenvalue weighted by atomic mass is 10.1. The molecule has 2 aromatic rings. The quantitative estimate of drug-likeness (QED) is 0.812. The van der Waals surface area contributed by atoms with Crippen LogP contribution in [0.1, 0.15) is 24.0 Å². The highest BCUT2D eigenvalue weighted by atomic mass is 16.7. The van der Waals surface area contributed by atoms with Gasteiger partial charge in [-0.2, -0.15) is 0 Å². The van der Waals surface area contributed by atoms with Gasteiger partial charge in [0.15, 0.2) is 11.5 Å². The Morgan fingerprint density at radius 3 is 2.58 bits per heavy atom. The smallest absolute Gasteiger partial charge is 0.231 e. The topological polar surface area (TPSA) is 30.9 Å². The van der Waals surface area contributed by atoms with Gasteiger partial charge in [-0.1, -0.05) is 36.4 Å². The summed E-state index contributed by atoms with van der Waals surface area (Å²) in [5, 5.41) is 0. The van der Waals surface area contributed by atoms with E-state index in [2.05, 4.69) is 47.4 Å². The lowest BCUT2D eigenvalue weighted by Gasteiger charge is -2.25. The van der Waals surface area contributed by atoms with Gasteiger partial charge in [-0.3, -0.25) is 4.90 Å². The van der Waals surface area contributed by atoms with Crippen molar-refractivity contribution in [2.24, 2.45) is 0 Å². The summed E-state index contributed by atoms with van der Waals surface area (Å²) in [6, 6.07) is 16.8. The molecule has 0 radical (unpaired) electrons. The van der Waals surface area contributed by atoms with Crippen LogP contribution < -0.4 is 9.47 Å². The zero-order valence-corrected chi connectivity index (χ0v) is 13.8. The third-order valence-corrected chi connectivity index (χ3v) is 4.58. The van der Waals surface area contributed by atoms with E-state index in [1.165, 1.54) is 17.5 Å². The molecule has 4 nitrogen and oxygen atoms in total. The number of rotatable bonds is 6. The van der Waals surface area contributed by atoms with Crippen LogP contribution >= 0.6 is 0 Å². The second-order valence-corrected chi connectivity index (χ2v) is 6.48. The SMILES string of the molecule is c1ccc(CN(Cc2ccc3c(c2)OCO3)CC2CCCO2)cc1. The van der Waals surface area contributed by atoms with Crippen LogP contribution in [0.5, 0.6) is 11.5 Å². The molecule has 1 atom stereocenters. The average molecular weight is 325 g/mol. The van der Waals surface area contributed by atoms with Crippen LogP contribution in [0.25, 0.3) is 0 Å². The second-order valence-electron chi connectivity index (χ2n) is 6.48. The molecule has 0 amide bonds. The maximum Gasteiger partial charge on any atom is 0.231 e. The van der Waals surface area contributed by atoms with Crippen molar-refractivity contribution in [3.8, 4) is 11.5 Å². The fraction of sp³-hybridized carbons (Fsp3) is 0.400. The van der Waals surface area contributed by atoms with E-state index in [-0.39, 0.29) is 0 Å². The molecule has 2 aromatic carbocycles. The van der Waals surface area contributed by atoms with E-state index in [4.69, 9.17) is 14.2 Å². The monoisotopic (exact) mass is 325 g/mol. The number of hydrogen-bond acceptors (Lipinski definition) is 4. The highest BCUT2D eigenvalue weighted by Crippen LogP contribution is 2.33. The van der Waals surface area contributed by atoms with Crippen molar-refractivity contribution >= 4 is 0 Å². The molecule has 4 rings (SSSR count). The van der Waals surface area contributed by atoms with Crippen molar-refractivity contribution in [3.63, 3.8) is 0 Å². The standard InChI is InChI=1S/C20H23NO3/c1-2-5-16(6-3-1)12-21(14-18-7-4-10-22-18)13-17-8-9-19-20(11-17)24-15-23-19/h1-3,5-6,8-9,11,18H,4,7,10,12-15H2. The molecule has 126 valence electrons. The van der Waals surface area contributed by atoms with Gasteiger partial charge in [-0.15, -0.1) is 0 Å². The van der Waals surface area contributed by atoms with E-state index in [0.29, 0.717) is 12.9 Å². The highest BCUT2D eigenvalue weighted by molar-refractivity contribution is 5.44. The maximum atomic E-state index is 5.85. The van der Waals surface area contributed by atoms with E-state index in [9.17, 15) is 0 Å². The minimum atomic E-state index is 0.322. The van der Waals surface area contributed by atoms with Gasteiger partial charge in [0, 0.05) is 26.2 Å². The Labute approximate surface area is 142 Å². The maximum absolute atomic E-state index is 5.85. The van der Waals surface area contributed by atoms with Crippen molar-refractivity contribution in [2.45, 2.75) is 32.0 Å². The first kappa shape index (κ1) is 15.5. The van der Waals surface area contributed by atoms with Gasteiger partial charge >= 0.3 is 0 Å². The molecule has 0 bridgehead atoms. The summed E-state index contributed by atoms with van der Waals surface area (Å²) in [6.45, 7) is 3.99. The Morgan fingerprint density at radius 2 is 1.75 bits per heavy atom. The van der Waals surface area contributed by atoms with E-state index in [1.54, 1.807) is 0 Å². The van der Waals surface area contributed by atoms with Crippen LogP contribution in [0, 0.1) is 0 Å². The molecule has 0 N–H and O–H groups in total. The Bertz CT molecular complexity index is 668. The molecule has 4 heteroatoms. The zero-order chi connectivity index (χ0) is 16.2. The third kappa shape index (κ3) is 3.71. The Balaban J connectivity index is 1.48. The number of benzene rings is 2. The molecule has 2 aliphatic rings. The van der Waals surface area contributed by atoms with Crippen molar-refractivity contribution < 1.29 is 14.2 Å². The van der Waals surface area contributed by atoms with Gasteiger partial charge in [0.05, 0.1) is 6.10 Å². The molecule has 0 aliphatic carbocycles. The van der Waals surface area contributed by atoms with Crippen molar-refractivity contribution in [1.82, 2.24) is 4.90 Å². The molecular weight excluding hydrogens is 302 g/mol. The van der Waals surface area contributed by atoms with Crippen molar-refractivity contribution in [2.75, 3.05) is 19.9 Å². The minimum Gasteiger partial charge on any atom is -0.454 e. The van der Waals surface area contributed by atoms with Crippen LogP contribution in [0.15, 0.2) is 48.5 Å². The molecule has 0 aromatic heterocycles. The van der Waals surface area contributed by atoms with Crippen molar-refractivity contribution in [1.29, 1.82) is 0 Å². The molecule has 1 saturated heterocycles. The normalized spacial score (nSPS) is 19.1. The third-order valence-electron chi connectivity index (χ3n) is 4.58. The van der Waals surface area contributed by atoms with Gasteiger partial charge in [0.2, 0.25) is 6.79 Å². The van der Waals surface area contributed by atoms with Gasteiger partial charge in [0.1, 0.15) is 0 Å². The van der Waals surface area contributed by atoms with Crippen LogP contribution in [0.3, 0.4) is 0 Å². The van der Waals surface area contributed by atoms with Gasteiger partial charge in [0.25, 0.3) is 0 Å². The fourth-order valence-corrected chi connectivity index (χ4v) is 3.40. The van der Waals surface area contributed by atoms with E-state index < -0.39 is 0 Å². The van der Waals surface area contributed by atoms with Crippen molar-refractivity contribution in [3.05, 3.63) is 59.7 Å². The molecule has 0 saturated carbocycles. The predicted molar refractivity (Wildman–Crippen MR) is 92.1 cm³/mol. The first-order valence-corrected chi connectivity index (χ1v) is 8.63. The van der Waals surface area contributed by atoms with Crippen LogP contribution in [0.4, 0.5) is 0 Å². The number of ether oxygens (including phenoxy) is 3. The summed E-state index contributed by atoms with van der Waals surface area (Å²) in [4.78, 5) is 2.46. The fourth-order valence-electron chi connectivity index (χ4n) is 3.40. The Kier molecular flexibility index (Phi) is 4.67. The minimum absolute atomic E-state index is 0.322. The Morgan fingerprint density at radius 1 is 0.917 bits per heavy atom. The second kappa shape index (κ2) is 7.24. The van der Waals surface area contributed by atoms with E-state index >= 15 is 0 Å². The lowest BCUT2D eigenvalue weighted by molar-refractivity contribution is 0.0679. The number of hydrogen-bond donors (Lipinski definition) is 0. The zero-order valence-electron chi connectivity index (χ0n) is 13.8. The summed E-state index contributed by atoms with van der Waals surface area (Å²) < 4.78 is 16.8. The van der Waals surface area contributed by atoms with Crippen LogP contribution in [0.2, 0.25) is 0 Å². The first-order valence-electron chi connectivity index (χ1n) is 8.63. The van der Waals surface area contributed by atoms with E-state index in [1.807, 2.05) is 6.07 Å². The summed E-state index contributed by atoms with van der Waals surface area (Å²) in [7, 11) is 0. The molecule has 24 heavy (non-hydrogen) atoms. The number of nitrogens with zero attached hydrogens (tertiary/aromatic N) is 1. The Hall–Kier alpha value is -2.04. The molecule has 1 fully saturated rings. The van der Waals surface area contributed by atoms with Crippen LogP contribution in [-0.4, -0.2) is 30.9 Å². The molecule has 2 aliphatic heterocycles. The molecular formula is C20H23NO3.